The molecule has 0 spiro atoms. The first-order chi connectivity index (χ1) is 12.4. The van der Waals surface area contributed by atoms with Gasteiger partial charge in [-0.1, -0.05) is 12.1 Å². The van der Waals surface area contributed by atoms with Gasteiger partial charge in [0.25, 0.3) is 15.9 Å². The summed E-state index contributed by atoms with van der Waals surface area (Å²) >= 11 is 0. The summed E-state index contributed by atoms with van der Waals surface area (Å²) in [4.78, 5) is 16.5. The molecular formula is C18H18FN3O3S. The van der Waals surface area contributed by atoms with Crippen molar-refractivity contribution >= 4 is 21.8 Å². The molecule has 3 aliphatic rings. The minimum Gasteiger partial charge on any atom is -0.332 e. The molecule has 1 unspecified atom stereocenters. The fourth-order valence-electron chi connectivity index (χ4n) is 3.53. The molecular weight excluding hydrogens is 357 g/mol. The minimum atomic E-state index is -3.42. The molecule has 0 saturated carbocycles. The average Bonchev–Trinajstić information content (AvgIpc) is 3.10. The van der Waals surface area contributed by atoms with Crippen LogP contribution in [-0.4, -0.2) is 48.8 Å². The molecule has 1 atom stereocenters. The number of rotatable bonds is 2. The van der Waals surface area contributed by atoms with Crippen molar-refractivity contribution in [3.8, 4) is 0 Å². The van der Waals surface area contributed by atoms with Crippen LogP contribution in [0.3, 0.4) is 0 Å². The Labute approximate surface area is 151 Å². The van der Waals surface area contributed by atoms with Gasteiger partial charge in [0.2, 0.25) is 0 Å². The summed E-state index contributed by atoms with van der Waals surface area (Å²) < 4.78 is 40.1. The molecule has 1 fully saturated rings. The van der Waals surface area contributed by atoms with E-state index in [4.69, 9.17) is 0 Å². The molecule has 8 heteroatoms. The van der Waals surface area contributed by atoms with E-state index in [0.29, 0.717) is 18.0 Å². The van der Waals surface area contributed by atoms with Crippen LogP contribution in [0.2, 0.25) is 0 Å². The number of nitrogens with zero attached hydrogens (tertiary/aromatic N) is 3. The lowest BCUT2D eigenvalue weighted by Gasteiger charge is -2.30. The zero-order valence-corrected chi connectivity index (χ0v) is 14.8. The Morgan fingerprint density at radius 1 is 1.15 bits per heavy atom. The zero-order chi connectivity index (χ0) is 18.3. The summed E-state index contributed by atoms with van der Waals surface area (Å²) in [6.45, 7) is 0.922. The first-order valence-corrected chi connectivity index (χ1v) is 10.1. The van der Waals surface area contributed by atoms with E-state index in [9.17, 15) is 17.6 Å². The Morgan fingerprint density at radius 2 is 1.92 bits per heavy atom. The van der Waals surface area contributed by atoms with Crippen LogP contribution in [0.15, 0.2) is 52.6 Å². The molecule has 1 aromatic rings. The second-order valence-corrected chi connectivity index (χ2v) is 8.31. The molecule has 0 radical (unpaired) electrons. The number of carbonyl (C=O) groups excluding carboxylic acids is 1. The largest absolute Gasteiger partial charge is 0.332 e. The predicted octanol–water partition coefficient (Wildman–Crippen LogP) is 1.99. The summed E-state index contributed by atoms with van der Waals surface area (Å²) in [5.74, 6) is -0.135. The lowest BCUT2D eigenvalue weighted by atomic mass is 10.0. The molecule has 6 nitrogen and oxygen atoms in total. The monoisotopic (exact) mass is 375 g/mol. The Bertz CT molecular complexity index is 935. The third-order valence-corrected chi connectivity index (χ3v) is 6.00. The normalized spacial score (nSPS) is 24.1. The lowest BCUT2D eigenvalue weighted by molar-refractivity contribution is -0.127. The quantitative estimate of drug-likeness (QED) is 0.793. The molecule has 3 aliphatic heterocycles. The van der Waals surface area contributed by atoms with Crippen molar-refractivity contribution in [2.75, 3.05) is 18.8 Å². The maximum absolute atomic E-state index is 13.2. The fraction of sp³-hybridized carbons (Fsp3) is 0.333. The summed E-state index contributed by atoms with van der Waals surface area (Å²) in [6, 6.07) is 6.18. The van der Waals surface area contributed by atoms with Gasteiger partial charge in [-0.2, -0.15) is 0 Å². The Morgan fingerprint density at radius 3 is 2.69 bits per heavy atom. The minimum absolute atomic E-state index is 0.0652. The van der Waals surface area contributed by atoms with E-state index in [2.05, 4.69) is 4.40 Å². The molecule has 0 N–H and O–H groups in total. The lowest BCUT2D eigenvalue weighted by Crippen LogP contribution is -2.39. The van der Waals surface area contributed by atoms with E-state index in [1.165, 1.54) is 12.1 Å². The number of carbonyl (C=O) groups is 1. The second kappa shape index (κ2) is 6.35. The van der Waals surface area contributed by atoms with Crippen LogP contribution in [0.1, 0.15) is 24.4 Å². The molecule has 1 aromatic carbocycles. The van der Waals surface area contributed by atoms with Gasteiger partial charge in [-0.05, 0) is 42.7 Å². The highest BCUT2D eigenvalue weighted by atomic mass is 32.2. The van der Waals surface area contributed by atoms with E-state index in [-0.39, 0.29) is 30.1 Å². The van der Waals surface area contributed by atoms with Crippen LogP contribution in [0.4, 0.5) is 4.39 Å². The molecule has 4 rings (SSSR count). The van der Waals surface area contributed by atoms with Gasteiger partial charge in [-0.25, -0.2) is 12.8 Å². The maximum Gasteiger partial charge on any atom is 0.256 e. The highest BCUT2D eigenvalue weighted by molar-refractivity contribution is 7.90. The number of fused-ring (bicyclic) bond motifs is 1. The second-order valence-electron chi connectivity index (χ2n) is 6.55. The molecule has 0 aromatic heterocycles. The van der Waals surface area contributed by atoms with Crippen LogP contribution in [0.5, 0.6) is 0 Å². The molecule has 136 valence electrons. The van der Waals surface area contributed by atoms with Gasteiger partial charge >= 0.3 is 0 Å². The number of benzene rings is 1. The van der Waals surface area contributed by atoms with Crippen LogP contribution >= 0.6 is 0 Å². The van der Waals surface area contributed by atoms with Crippen LogP contribution in [0.25, 0.3) is 0 Å². The van der Waals surface area contributed by atoms with E-state index < -0.39 is 10.0 Å². The average molecular weight is 375 g/mol. The number of amides is 1. The van der Waals surface area contributed by atoms with Gasteiger partial charge in [-0.3, -0.25) is 4.79 Å². The number of hydrogen-bond acceptors (Lipinski definition) is 4. The van der Waals surface area contributed by atoms with Gasteiger partial charge in [0, 0.05) is 19.3 Å². The smallest absolute Gasteiger partial charge is 0.256 e. The third-order valence-electron chi connectivity index (χ3n) is 4.84. The number of likely N-dealkylation sites (tertiary alicyclic amines) is 1. The van der Waals surface area contributed by atoms with Crippen molar-refractivity contribution in [3.63, 3.8) is 0 Å². The highest BCUT2D eigenvalue weighted by Crippen LogP contribution is 2.33. The van der Waals surface area contributed by atoms with E-state index >= 15 is 0 Å². The highest BCUT2D eigenvalue weighted by Gasteiger charge is 2.33. The third kappa shape index (κ3) is 3.16. The van der Waals surface area contributed by atoms with E-state index in [1.54, 1.807) is 40.3 Å². The van der Waals surface area contributed by atoms with E-state index in [1.807, 2.05) is 0 Å². The molecule has 1 amide bonds. The molecule has 3 heterocycles. The first kappa shape index (κ1) is 17.0. The van der Waals surface area contributed by atoms with Gasteiger partial charge in [-0.15, -0.1) is 4.40 Å². The Balaban J connectivity index is 1.57. The Hall–Kier alpha value is -2.48. The number of halogens is 1. The van der Waals surface area contributed by atoms with Gasteiger partial charge in [0.15, 0.2) is 0 Å². The van der Waals surface area contributed by atoms with Crippen molar-refractivity contribution in [2.45, 2.75) is 18.9 Å². The summed E-state index contributed by atoms with van der Waals surface area (Å²) in [7, 11) is -3.42. The van der Waals surface area contributed by atoms with Crippen LogP contribution in [-0.2, 0) is 14.8 Å². The van der Waals surface area contributed by atoms with Gasteiger partial charge < -0.3 is 9.80 Å². The summed E-state index contributed by atoms with van der Waals surface area (Å²) in [6.07, 6.45) is 6.56. The molecule has 1 saturated heterocycles. The number of amidine groups is 1. The first-order valence-electron chi connectivity index (χ1n) is 8.49. The SMILES string of the molecule is O=C(C1=CN2CCS(=O)(=O)N=C2C=C1)N1CCCC1c1ccc(F)cc1. The van der Waals surface area contributed by atoms with Crippen LogP contribution < -0.4 is 0 Å². The van der Waals surface area contributed by atoms with Gasteiger partial charge in [0.05, 0.1) is 17.4 Å². The Kier molecular flexibility index (Phi) is 4.14. The van der Waals surface area contributed by atoms with Crippen molar-refractivity contribution in [1.82, 2.24) is 9.80 Å². The summed E-state index contributed by atoms with van der Waals surface area (Å²) in [5.41, 5.74) is 1.42. The molecule has 0 aliphatic carbocycles. The van der Waals surface area contributed by atoms with Crippen molar-refractivity contribution in [2.24, 2.45) is 4.40 Å². The zero-order valence-electron chi connectivity index (χ0n) is 14.0. The number of hydrogen-bond donors (Lipinski definition) is 0. The number of sulfonamides is 1. The molecule has 26 heavy (non-hydrogen) atoms. The fourth-order valence-corrected chi connectivity index (χ4v) is 4.50. The van der Waals surface area contributed by atoms with Crippen molar-refractivity contribution < 1.29 is 17.6 Å². The van der Waals surface area contributed by atoms with Crippen LogP contribution in [0, 0.1) is 5.82 Å². The van der Waals surface area contributed by atoms with Gasteiger partial charge in [0.1, 0.15) is 11.7 Å². The predicted molar refractivity (Wildman–Crippen MR) is 95.2 cm³/mol. The molecule has 0 bridgehead atoms. The summed E-state index contributed by atoms with van der Waals surface area (Å²) in [5, 5.41) is 0. The standard InChI is InChI=1S/C18H18FN3O3S/c19-15-6-3-13(4-7-15)16-2-1-9-22(16)18(23)14-5-8-17-20-26(24,25)11-10-21(17)12-14/h3-8,12,16H,1-2,9-11H2. The van der Waals surface area contributed by atoms with Crippen molar-refractivity contribution in [1.29, 1.82) is 0 Å². The maximum atomic E-state index is 13.2. The van der Waals surface area contributed by atoms with Crippen molar-refractivity contribution in [3.05, 3.63) is 59.6 Å². The topological polar surface area (TPSA) is 70.0 Å². The van der Waals surface area contributed by atoms with E-state index in [0.717, 1.165) is 18.4 Å².